The number of hydrogen-bond donors (Lipinski definition) is 0. The number of carbonyl (C=O) groups is 1. The van der Waals surface area contributed by atoms with Gasteiger partial charge in [-0.1, -0.05) is 32.9 Å². The second-order valence-corrected chi connectivity index (χ2v) is 8.90. The van der Waals surface area contributed by atoms with Crippen LogP contribution in [-0.2, 0) is 10.2 Å². The monoisotopic (exact) mass is 408 g/mol. The molecule has 1 aliphatic heterocycles. The van der Waals surface area contributed by atoms with E-state index < -0.39 is 0 Å². The number of benzene rings is 1. The van der Waals surface area contributed by atoms with Crippen LogP contribution in [0.25, 0.3) is 5.65 Å². The Morgan fingerprint density at radius 1 is 1.20 bits per heavy atom. The average Bonchev–Trinajstić information content (AvgIpc) is 3.08. The van der Waals surface area contributed by atoms with Gasteiger partial charge >= 0.3 is 0 Å². The van der Waals surface area contributed by atoms with E-state index in [0.717, 1.165) is 35.9 Å². The van der Waals surface area contributed by atoms with Gasteiger partial charge in [0, 0.05) is 25.6 Å². The van der Waals surface area contributed by atoms with Crippen LogP contribution in [0.4, 0.5) is 5.82 Å². The number of ether oxygens (including phenoxy) is 1. The van der Waals surface area contributed by atoms with Crippen LogP contribution in [0.3, 0.4) is 0 Å². The van der Waals surface area contributed by atoms with Crippen LogP contribution in [0.2, 0.25) is 0 Å². The molecule has 0 unspecified atom stereocenters. The number of aromatic nitrogens is 4. The largest absolute Gasteiger partial charge is 0.484 e. The molecule has 8 nitrogen and oxygen atoms in total. The molecule has 0 N–H and O–H groups in total. The zero-order chi connectivity index (χ0) is 21.5. The van der Waals surface area contributed by atoms with Gasteiger partial charge in [0.25, 0.3) is 5.91 Å². The summed E-state index contributed by atoms with van der Waals surface area (Å²) < 4.78 is 7.46. The molecule has 0 bridgehead atoms. The third kappa shape index (κ3) is 3.94. The molecule has 0 atom stereocenters. The van der Waals surface area contributed by atoms with Crippen molar-refractivity contribution in [3.8, 4) is 5.75 Å². The molecule has 4 rings (SSSR count). The summed E-state index contributed by atoms with van der Waals surface area (Å²) in [5.74, 6) is 2.38. The number of hydrogen-bond acceptors (Lipinski definition) is 6. The van der Waals surface area contributed by atoms with E-state index in [1.165, 1.54) is 0 Å². The molecule has 158 valence electrons. The van der Waals surface area contributed by atoms with Gasteiger partial charge in [-0.15, -0.1) is 15.3 Å². The fraction of sp³-hybridized carbons (Fsp3) is 0.455. The van der Waals surface area contributed by atoms with Gasteiger partial charge in [0.2, 0.25) is 0 Å². The summed E-state index contributed by atoms with van der Waals surface area (Å²) in [5.41, 5.74) is 1.70. The van der Waals surface area contributed by atoms with Crippen molar-refractivity contribution >= 4 is 17.4 Å². The number of nitrogens with zero attached hydrogens (tertiary/aromatic N) is 6. The molecule has 1 aliphatic rings. The smallest absolute Gasteiger partial charge is 0.260 e. The number of fused-ring (bicyclic) bond motifs is 1. The molecule has 1 saturated heterocycles. The SMILES string of the molecule is Cc1cccc(OCC(=O)N(C)C2CN(c3ccc4nnc(C(C)(C)C)n4n3)C2)c1. The van der Waals surface area contributed by atoms with Gasteiger partial charge in [-0.2, -0.15) is 4.52 Å². The van der Waals surface area contributed by atoms with Crippen molar-refractivity contribution in [2.24, 2.45) is 0 Å². The van der Waals surface area contributed by atoms with E-state index in [4.69, 9.17) is 9.84 Å². The van der Waals surface area contributed by atoms with Crippen molar-refractivity contribution in [3.05, 3.63) is 47.8 Å². The first kappa shape index (κ1) is 20.1. The van der Waals surface area contributed by atoms with Crippen molar-refractivity contribution in [3.63, 3.8) is 0 Å². The lowest BCUT2D eigenvalue weighted by Crippen LogP contribution is -2.60. The van der Waals surface area contributed by atoms with E-state index in [2.05, 4.69) is 35.9 Å². The molecule has 1 aromatic carbocycles. The molecule has 0 radical (unpaired) electrons. The highest BCUT2D eigenvalue weighted by Crippen LogP contribution is 2.24. The molecule has 3 heterocycles. The van der Waals surface area contributed by atoms with E-state index in [9.17, 15) is 4.79 Å². The highest BCUT2D eigenvalue weighted by atomic mass is 16.5. The molecular weight excluding hydrogens is 380 g/mol. The molecular formula is C22H28N6O2. The van der Waals surface area contributed by atoms with Gasteiger partial charge in [-0.05, 0) is 36.8 Å². The Balaban J connectivity index is 1.36. The first-order chi connectivity index (χ1) is 14.2. The Bertz CT molecular complexity index is 1060. The first-order valence-electron chi connectivity index (χ1n) is 10.2. The molecule has 3 aromatic rings. The topological polar surface area (TPSA) is 75.9 Å². The van der Waals surface area contributed by atoms with Crippen LogP contribution in [0.15, 0.2) is 36.4 Å². The van der Waals surface area contributed by atoms with Crippen LogP contribution in [0.1, 0.15) is 32.2 Å². The van der Waals surface area contributed by atoms with E-state index in [0.29, 0.717) is 5.75 Å². The third-order valence-electron chi connectivity index (χ3n) is 5.40. The lowest BCUT2D eigenvalue weighted by atomic mass is 9.96. The van der Waals surface area contributed by atoms with Crippen molar-refractivity contribution in [2.45, 2.75) is 39.2 Å². The quantitative estimate of drug-likeness (QED) is 0.646. The predicted molar refractivity (Wildman–Crippen MR) is 115 cm³/mol. The summed E-state index contributed by atoms with van der Waals surface area (Å²) in [6, 6.07) is 11.7. The third-order valence-corrected chi connectivity index (χ3v) is 5.40. The molecule has 0 aliphatic carbocycles. The second-order valence-electron chi connectivity index (χ2n) is 8.90. The van der Waals surface area contributed by atoms with Gasteiger partial charge in [-0.3, -0.25) is 4.79 Å². The minimum Gasteiger partial charge on any atom is -0.484 e. The van der Waals surface area contributed by atoms with Crippen molar-refractivity contribution in [1.82, 2.24) is 24.7 Å². The molecule has 8 heteroatoms. The Kier molecular flexibility index (Phi) is 5.09. The van der Waals surface area contributed by atoms with Crippen LogP contribution >= 0.6 is 0 Å². The number of anilines is 1. The van der Waals surface area contributed by atoms with E-state index in [1.807, 2.05) is 54.9 Å². The highest BCUT2D eigenvalue weighted by molar-refractivity contribution is 5.78. The Morgan fingerprint density at radius 3 is 2.67 bits per heavy atom. The lowest BCUT2D eigenvalue weighted by molar-refractivity contribution is -0.134. The van der Waals surface area contributed by atoms with E-state index in [1.54, 1.807) is 4.90 Å². The maximum atomic E-state index is 12.5. The molecule has 0 saturated carbocycles. The van der Waals surface area contributed by atoms with Gasteiger partial charge in [0.1, 0.15) is 11.6 Å². The Labute approximate surface area is 176 Å². The average molecular weight is 409 g/mol. The number of rotatable bonds is 5. The van der Waals surface area contributed by atoms with E-state index >= 15 is 0 Å². The maximum absolute atomic E-state index is 12.5. The summed E-state index contributed by atoms with van der Waals surface area (Å²) in [7, 11) is 1.83. The zero-order valence-corrected chi connectivity index (χ0v) is 18.2. The minimum absolute atomic E-state index is 0.0293. The predicted octanol–water partition coefficient (Wildman–Crippen LogP) is 2.46. The molecule has 0 spiro atoms. The van der Waals surface area contributed by atoms with Gasteiger partial charge in [0.05, 0.1) is 6.04 Å². The Morgan fingerprint density at radius 2 is 1.97 bits per heavy atom. The lowest BCUT2D eigenvalue weighted by Gasteiger charge is -2.44. The summed E-state index contributed by atoms with van der Waals surface area (Å²) in [6.07, 6.45) is 0. The Hall–Kier alpha value is -3.16. The van der Waals surface area contributed by atoms with Crippen LogP contribution in [0.5, 0.6) is 5.75 Å². The first-order valence-corrected chi connectivity index (χ1v) is 10.2. The van der Waals surface area contributed by atoms with Crippen molar-refractivity contribution in [1.29, 1.82) is 0 Å². The summed E-state index contributed by atoms with van der Waals surface area (Å²) in [5, 5.41) is 13.2. The normalized spacial score (nSPS) is 14.6. The van der Waals surface area contributed by atoms with Gasteiger partial charge in [-0.25, -0.2) is 0 Å². The van der Waals surface area contributed by atoms with Crippen LogP contribution < -0.4 is 9.64 Å². The highest BCUT2D eigenvalue weighted by Gasteiger charge is 2.34. The number of aryl methyl sites for hydroxylation is 1. The van der Waals surface area contributed by atoms with Crippen molar-refractivity contribution < 1.29 is 9.53 Å². The van der Waals surface area contributed by atoms with Crippen LogP contribution in [0, 0.1) is 6.92 Å². The fourth-order valence-electron chi connectivity index (χ4n) is 3.46. The maximum Gasteiger partial charge on any atom is 0.260 e. The summed E-state index contributed by atoms with van der Waals surface area (Å²) in [6.45, 7) is 9.79. The summed E-state index contributed by atoms with van der Waals surface area (Å²) >= 11 is 0. The number of likely N-dealkylation sites (N-methyl/N-ethyl adjacent to an activating group) is 1. The number of carbonyl (C=O) groups excluding carboxylic acids is 1. The fourth-order valence-corrected chi connectivity index (χ4v) is 3.46. The van der Waals surface area contributed by atoms with Crippen LogP contribution in [-0.4, -0.2) is 63.4 Å². The number of amides is 1. The molecule has 1 amide bonds. The van der Waals surface area contributed by atoms with Gasteiger partial charge < -0.3 is 14.5 Å². The molecule has 2 aromatic heterocycles. The van der Waals surface area contributed by atoms with Gasteiger partial charge in [0.15, 0.2) is 18.1 Å². The standard InChI is InChI=1S/C22H28N6O2/c1-15-7-6-8-17(11-15)30-14-20(29)26(5)16-12-27(13-16)19-10-9-18-23-24-21(22(2,3)4)28(18)25-19/h6-11,16H,12-14H2,1-5H3. The zero-order valence-electron chi connectivity index (χ0n) is 18.2. The molecule has 1 fully saturated rings. The van der Waals surface area contributed by atoms with E-state index in [-0.39, 0.29) is 24.0 Å². The second kappa shape index (κ2) is 7.59. The minimum atomic E-state index is -0.146. The van der Waals surface area contributed by atoms with Crippen molar-refractivity contribution in [2.75, 3.05) is 31.6 Å². The molecule has 30 heavy (non-hydrogen) atoms. The summed E-state index contributed by atoms with van der Waals surface area (Å²) in [4.78, 5) is 16.4.